The number of rotatable bonds is 4. The zero-order valence-corrected chi connectivity index (χ0v) is 20.0. The van der Waals surface area contributed by atoms with Crippen molar-refractivity contribution in [1.82, 2.24) is 0 Å². The number of hydrogen-bond donors (Lipinski definition) is 0. The molecule has 0 saturated carbocycles. The summed E-state index contributed by atoms with van der Waals surface area (Å²) in [4.78, 5) is 0. The number of ether oxygens (including phenoxy) is 10. The van der Waals surface area contributed by atoms with Crippen molar-refractivity contribution in [3.05, 3.63) is 24.3 Å². The fourth-order valence-corrected chi connectivity index (χ4v) is 3.18. The average molecular weight is 481 g/mol. The molecule has 10 heteroatoms. The number of fused-ring (bicyclic) bond motifs is 2. The third kappa shape index (κ3) is 6.88. The molecule has 0 amide bonds. The fourth-order valence-electron chi connectivity index (χ4n) is 3.18. The predicted molar refractivity (Wildman–Crippen MR) is 123 cm³/mol. The molecule has 0 spiro atoms. The first-order valence-electron chi connectivity index (χ1n) is 10.9. The van der Waals surface area contributed by atoms with Crippen molar-refractivity contribution in [2.24, 2.45) is 0 Å². The molecule has 1 aliphatic heterocycles. The van der Waals surface area contributed by atoms with Gasteiger partial charge in [0.25, 0.3) is 0 Å². The van der Waals surface area contributed by atoms with Gasteiger partial charge in [-0.3, -0.25) is 0 Å². The monoisotopic (exact) mass is 480 g/mol. The number of methoxy groups -OCH3 is 4. The Labute approximate surface area is 199 Å². The maximum Gasteiger partial charge on any atom is 0.165 e. The Morgan fingerprint density at radius 1 is 0.412 bits per heavy atom. The highest BCUT2D eigenvalue weighted by Gasteiger charge is 2.16. The van der Waals surface area contributed by atoms with E-state index in [9.17, 15) is 0 Å². The van der Waals surface area contributed by atoms with Gasteiger partial charge in [0.15, 0.2) is 46.0 Å². The van der Waals surface area contributed by atoms with Crippen LogP contribution in [0, 0.1) is 0 Å². The molecule has 0 saturated heterocycles. The highest BCUT2D eigenvalue weighted by atomic mass is 16.6. The zero-order chi connectivity index (χ0) is 24.2. The third-order valence-corrected chi connectivity index (χ3v) is 4.84. The Balaban J connectivity index is 1.68. The second-order valence-corrected chi connectivity index (χ2v) is 6.93. The van der Waals surface area contributed by atoms with Crippen molar-refractivity contribution < 1.29 is 47.4 Å². The molecule has 0 bridgehead atoms. The van der Waals surface area contributed by atoms with Gasteiger partial charge in [0.1, 0.15) is 26.4 Å². The van der Waals surface area contributed by atoms with Gasteiger partial charge in [-0.1, -0.05) is 0 Å². The maximum absolute atomic E-state index is 5.87. The summed E-state index contributed by atoms with van der Waals surface area (Å²) in [5.74, 6) is 4.27. The lowest BCUT2D eigenvalue weighted by Crippen LogP contribution is -2.15. The summed E-state index contributed by atoms with van der Waals surface area (Å²) < 4.78 is 56.2. The van der Waals surface area contributed by atoms with Crippen LogP contribution < -0.4 is 37.9 Å². The van der Waals surface area contributed by atoms with Gasteiger partial charge in [-0.05, 0) is 0 Å². The predicted octanol–water partition coefficient (Wildman–Crippen LogP) is 2.98. The molecular weight excluding hydrogens is 448 g/mol. The Morgan fingerprint density at radius 3 is 0.853 bits per heavy atom. The summed E-state index contributed by atoms with van der Waals surface area (Å²) in [7, 11) is 6.26. The van der Waals surface area contributed by atoms with Crippen molar-refractivity contribution in [2.75, 3.05) is 81.3 Å². The van der Waals surface area contributed by atoms with Crippen molar-refractivity contribution in [1.29, 1.82) is 0 Å². The van der Waals surface area contributed by atoms with E-state index in [2.05, 4.69) is 0 Å². The molecule has 0 aliphatic carbocycles. The minimum absolute atomic E-state index is 0.313. The molecule has 0 radical (unpaired) electrons. The molecule has 1 aliphatic rings. The Kier molecular flexibility index (Phi) is 10.1. The fraction of sp³-hybridized carbons (Fsp3) is 0.500. The lowest BCUT2D eigenvalue weighted by molar-refractivity contribution is 0.0637. The van der Waals surface area contributed by atoms with E-state index in [1.165, 1.54) is 0 Å². The smallest absolute Gasteiger partial charge is 0.165 e. The normalized spacial score (nSPS) is 15.4. The van der Waals surface area contributed by atoms with Crippen molar-refractivity contribution in [3.63, 3.8) is 0 Å². The van der Waals surface area contributed by atoms with E-state index in [1.54, 1.807) is 52.7 Å². The van der Waals surface area contributed by atoms with E-state index in [-0.39, 0.29) is 0 Å². The summed E-state index contributed by atoms with van der Waals surface area (Å²) in [5.41, 5.74) is 0. The molecule has 10 nitrogen and oxygen atoms in total. The molecule has 188 valence electrons. The SMILES string of the molecule is COc1cc2c(cc1OC)OCCOCCOc1cc(OC)c(OC)cc1OCCOCCO2. The van der Waals surface area contributed by atoms with E-state index in [0.29, 0.717) is 98.9 Å². The quantitative estimate of drug-likeness (QED) is 0.650. The number of benzene rings is 2. The molecule has 0 fully saturated rings. The van der Waals surface area contributed by atoms with Gasteiger partial charge in [-0.2, -0.15) is 0 Å². The first-order chi connectivity index (χ1) is 16.7. The molecule has 1 heterocycles. The van der Waals surface area contributed by atoms with Crippen LogP contribution in [0.1, 0.15) is 0 Å². The Hall–Kier alpha value is -3.24. The van der Waals surface area contributed by atoms with Crippen LogP contribution in [0.4, 0.5) is 0 Å². The second kappa shape index (κ2) is 13.5. The van der Waals surface area contributed by atoms with Gasteiger partial charge in [0.05, 0.1) is 54.9 Å². The summed E-state index contributed by atoms with van der Waals surface area (Å²) in [6.07, 6.45) is 0. The highest BCUT2D eigenvalue weighted by Crippen LogP contribution is 2.40. The summed E-state index contributed by atoms with van der Waals surface area (Å²) in [6.45, 7) is 2.68. The van der Waals surface area contributed by atoms with E-state index in [0.717, 1.165) is 0 Å². The van der Waals surface area contributed by atoms with Gasteiger partial charge >= 0.3 is 0 Å². The van der Waals surface area contributed by atoms with Gasteiger partial charge in [-0.25, -0.2) is 0 Å². The standard InChI is InChI=1S/C24H32O10/c1-25-17-13-21-22(14-18(17)26-2)32-10-6-30-8-12-34-24-16-20(28-4)19(27-3)15-23(24)33-11-7-29-5-9-31-21/h13-16H,5-12H2,1-4H3. The van der Waals surface area contributed by atoms with Crippen LogP contribution in [0.3, 0.4) is 0 Å². The highest BCUT2D eigenvalue weighted by molar-refractivity contribution is 5.55. The third-order valence-electron chi connectivity index (χ3n) is 4.84. The van der Waals surface area contributed by atoms with E-state index in [4.69, 9.17) is 47.4 Å². The zero-order valence-electron chi connectivity index (χ0n) is 20.0. The second-order valence-electron chi connectivity index (χ2n) is 6.93. The molecule has 2 aromatic rings. The first kappa shape index (κ1) is 25.4. The largest absolute Gasteiger partial charge is 0.493 e. The molecule has 0 N–H and O–H groups in total. The Bertz CT molecular complexity index is 758. The molecule has 0 atom stereocenters. The topological polar surface area (TPSA) is 92.3 Å². The molecule has 2 aromatic carbocycles. The average Bonchev–Trinajstić information content (AvgIpc) is 2.87. The van der Waals surface area contributed by atoms with Crippen LogP contribution in [-0.4, -0.2) is 81.3 Å². The lowest BCUT2D eigenvalue weighted by atomic mass is 10.2. The van der Waals surface area contributed by atoms with Crippen molar-refractivity contribution >= 4 is 0 Å². The van der Waals surface area contributed by atoms with Crippen LogP contribution in [0.2, 0.25) is 0 Å². The van der Waals surface area contributed by atoms with E-state index in [1.807, 2.05) is 0 Å². The van der Waals surface area contributed by atoms with Gasteiger partial charge in [0.2, 0.25) is 0 Å². The minimum Gasteiger partial charge on any atom is -0.493 e. The maximum atomic E-state index is 5.87. The van der Waals surface area contributed by atoms with Crippen LogP contribution in [0.25, 0.3) is 0 Å². The molecule has 0 unspecified atom stereocenters. The van der Waals surface area contributed by atoms with Crippen LogP contribution in [-0.2, 0) is 9.47 Å². The van der Waals surface area contributed by atoms with Crippen molar-refractivity contribution in [2.45, 2.75) is 0 Å². The lowest BCUT2D eigenvalue weighted by Gasteiger charge is -2.18. The molecule has 0 aromatic heterocycles. The van der Waals surface area contributed by atoms with Gasteiger partial charge < -0.3 is 47.4 Å². The van der Waals surface area contributed by atoms with E-state index >= 15 is 0 Å². The van der Waals surface area contributed by atoms with E-state index < -0.39 is 0 Å². The van der Waals surface area contributed by atoms with Crippen molar-refractivity contribution in [3.8, 4) is 46.0 Å². The summed E-state index contributed by atoms with van der Waals surface area (Å²) >= 11 is 0. The molecule has 34 heavy (non-hydrogen) atoms. The summed E-state index contributed by atoms with van der Waals surface area (Å²) in [6, 6.07) is 6.90. The number of hydrogen-bond acceptors (Lipinski definition) is 10. The Morgan fingerprint density at radius 2 is 0.647 bits per heavy atom. The van der Waals surface area contributed by atoms with Gasteiger partial charge in [-0.15, -0.1) is 0 Å². The van der Waals surface area contributed by atoms with Gasteiger partial charge in [0, 0.05) is 24.3 Å². The minimum atomic E-state index is 0.313. The molecular formula is C24H32O10. The van der Waals surface area contributed by atoms with Crippen LogP contribution >= 0.6 is 0 Å². The van der Waals surface area contributed by atoms with Crippen LogP contribution in [0.5, 0.6) is 46.0 Å². The van der Waals surface area contributed by atoms with Crippen LogP contribution in [0.15, 0.2) is 24.3 Å². The molecule has 3 rings (SSSR count). The first-order valence-corrected chi connectivity index (χ1v) is 10.9. The summed E-state index contributed by atoms with van der Waals surface area (Å²) in [5, 5.41) is 0.